The summed E-state index contributed by atoms with van der Waals surface area (Å²) in [5.74, 6) is -0.926. The fraction of sp³-hybridized carbons (Fsp3) is 0.833. The average Bonchev–Trinajstić information content (AvgIpc) is 2.24. The largest absolute Gasteiger partial charge is 0.480 e. The van der Waals surface area contributed by atoms with Crippen molar-refractivity contribution in [2.75, 3.05) is 19.6 Å². The first-order valence-electron chi connectivity index (χ1n) is 5.98. The Bertz CT molecular complexity index is 273. The molecule has 5 nitrogen and oxygen atoms in total. The molecule has 0 saturated heterocycles. The summed E-state index contributed by atoms with van der Waals surface area (Å²) in [6, 6.07) is 0. The summed E-state index contributed by atoms with van der Waals surface area (Å²) < 4.78 is 0. The zero-order valence-electron chi connectivity index (χ0n) is 11.2. The number of hydrogen-bond donors (Lipinski definition) is 2. The molecular formula is C12H24N2O3. The van der Waals surface area contributed by atoms with Gasteiger partial charge >= 0.3 is 5.97 Å². The molecule has 1 atom stereocenters. The number of nitrogens with zero attached hydrogens (tertiary/aromatic N) is 1. The molecule has 0 aliphatic heterocycles. The highest BCUT2D eigenvalue weighted by atomic mass is 16.4. The van der Waals surface area contributed by atoms with Crippen LogP contribution in [0.2, 0.25) is 0 Å². The number of hydrogen-bond acceptors (Lipinski definition) is 3. The molecule has 3 N–H and O–H groups in total. The van der Waals surface area contributed by atoms with E-state index < -0.39 is 11.4 Å². The fourth-order valence-electron chi connectivity index (χ4n) is 1.59. The number of carboxylic acids is 1. The van der Waals surface area contributed by atoms with E-state index in [0.29, 0.717) is 13.0 Å². The summed E-state index contributed by atoms with van der Waals surface area (Å²) in [5, 5.41) is 8.83. The SMILES string of the molecule is CCC(C)(CN)C(=O)N(CC(=O)O)CC(C)C. The topological polar surface area (TPSA) is 83.6 Å². The predicted octanol–water partition coefficient (Wildman–Crippen LogP) is 0.931. The number of aliphatic carboxylic acids is 1. The van der Waals surface area contributed by atoms with Gasteiger partial charge in [0.2, 0.25) is 5.91 Å². The Morgan fingerprint density at radius 2 is 1.94 bits per heavy atom. The van der Waals surface area contributed by atoms with Gasteiger partial charge in [0.25, 0.3) is 0 Å². The quantitative estimate of drug-likeness (QED) is 0.698. The zero-order chi connectivity index (χ0) is 13.6. The Balaban J connectivity index is 4.90. The molecule has 1 amide bonds. The minimum absolute atomic E-state index is 0.168. The summed E-state index contributed by atoms with van der Waals surface area (Å²) in [6.07, 6.45) is 0.608. The molecule has 0 radical (unpaired) electrons. The molecule has 5 heteroatoms. The van der Waals surface area contributed by atoms with E-state index in [9.17, 15) is 9.59 Å². The van der Waals surface area contributed by atoms with Crippen molar-refractivity contribution >= 4 is 11.9 Å². The van der Waals surface area contributed by atoms with Crippen LogP contribution in [0.1, 0.15) is 34.1 Å². The van der Waals surface area contributed by atoms with E-state index in [-0.39, 0.29) is 24.9 Å². The highest BCUT2D eigenvalue weighted by Gasteiger charge is 2.34. The molecule has 0 rings (SSSR count). The van der Waals surface area contributed by atoms with Crippen LogP contribution >= 0.6 is 0 Å². The van der Waals surface area contributed by atoms with E-state index >= 15 is 0 Å². The summed E-state index contributed by atoms with van der Waals surface area (Å²) in [5.41, 5.74) is 4.96. The first-order valence-corrected chi connectivity index (χ1v) is 5.98. The Morgan fingerprint density at radius 3 is 2.24 bits per heavy atom. The molecular weight excluding hydrogens is 220 g/mol. The maximum Gasteiger partial charge on any atom is 0.323 e. The van der Waals surface area contributed by atoms with Gasteiger partial charge in [0, 0.05) is 13.1 Å². The Morgan fingerprint density at radius 1 is 1.41 bits per heavy atom. The first-order chi connectivity index (χ1) is 7.76. The molecule has 100 valence electrons. The van der Waals surface area contributed by atoms with Crippen LogP contribution < -0.4 is 5.73 Å². The first kappa shape index (κ1) is 15.9. The van der Waals surface area contributed by atoms with Gasteiger partial charge < -0.3 is 15.7 Å². The second-order valence-electron chi connectivity index (χ2n) is 5.09. The van der Waals surface area contributed by atoms with Crippen molar-refractivity contribution in [2.24, 2.45) is 17.1 Å². The van der Waals surface area contributed by atoms with Gasteiger partial charge in [0.05, 0.1) is 5.41 Å². The maximum atomic E-state index is 12.3. The molecule has 0 bridgehead atoms. The van der Waals surface area contributed by atoms with Crippen LogP contribution in [-0.2, 0) is 9.59 Å². The van der Waals surface area contributed by atoms with Crippen LogP contribution in [0.25, 0.3) is 0 Å². The average molecular weight is 244 g/mol. The van der Waals surface area contributed by atoms with Gasteiger partial charge in [-0.05, 0) is 19.3 Å². The highest BCUT2D eigenvalue weighted by molar-refractivity contribution is 5.85. The second kappa shape index (κ2) is 6.59. The molecule has 0 spiro atoms. The summed E-state index contributed by atoms with van der Waals surface area (Å²) >= 11 is 0. The van der Waals surface area contributed by atoms with Gasteiger partial charge in [-0.3, -0.25) is 9.59 Å². The van der Waals surface area contributed by atoms with Gasteiger partial charge in [0.1, 0.15) is 6.54 Å². The van der Waals surface area contributed by atoms with Crippen LogP contribution in [0.4, 0.5) is 0 Å². The van der Waals surface area contributed by atoms with Crippen molar-refractivity contribution in [1.29, 1.82) is 0 Å². The molecule has 0 fully saturated rings. The molecule has 0 heterocycles. The molecule has 1 unspecified atom stereocenters. The third kappa shape index (κ3) is 4.73. The van der Waals surface area contributed by atoms with Crippen LogP contribution in [-0.4, -0.2) is 41.5 Å². The summed E-state index contributed by atoms with van der Waals surface area (Å²) in [4.78, 5) is 24.4. The Kier molecular flexibility index (Phi) is 6.16. The minimum atomic E-state index is -0.991. The van der Waals surface area contributed by atoms with E-state index in [1.54, 1.807) is 6.92 Å². The van der Waals surface area contributed by atoms with Crippen molar-refractivity contribution in [3.63, 3.8) is 0 Å². The lowest BCUT2D eigenvalue weighted by atomic mass is 9.85. The van der Waals surface area contributed by atoms with Crippen molar-refractivity contribution in [3.8, 4) is 0 Å². The number of rotatable bonds is 7. The summed E-state index contributed by atoms with van der Waals surface area (Å²) in [7, 11) is 0. The third-order valence-electron chi connectivity index (χ3n) is 2.95. The van der Waals surface area contributed by atoms with Gasteiger partial charge in [-0.15, -0.1) is 0 Å². The van der Waals surface area contributed by atoms with Gasteiger partial charge in [0.15, 0.2) is 0 Å². The minimum Gasteiger partial charge on any atom is -0.480 e. The van der Waals surface area contributed by atoms with Crippen LogP contribution in [0.5, 0.6) is 0 Å². The Labute approximate surface area is 103 Å². The molecule has 0 aliphatic carbocycles. The van der Waals surface area contributed by atoms with Crippen LogP contribution in [0.3, 0.4) is 0 Å². The molecule has 0 aromatic heterocycles. The number of amides is 1. The van der Waals surface area contributed by atoms with Crippen molar-refractivity contribution in [1.82, 2.24) is 4.90 Å². The van der Waals surface area contributed by atoms with Crippen LogP contribution in [0.15, 0.2) is 0 Å². The maximum absolute atomic E-state index is 12.3. The second-order valence-corrected chi connectivity index (χ2v) is 5.09. The van der Waals surface area contributed by atoms with E-state index in [1.807, 2.05) is 20.8 Å². The monoisotopic (exact) mass is 244 g/mol. The van der Waals surface area contributed by atoms with Crippen molar-refractivity contribution < 1.29 is 14.7 Å². The van der Waals surface area contributed by atoms with Crippen molar-refractivity contribution in [3.05, 3.63) is 0 Å². The van der Waals surface area contributed by atoms with Gasteiger partial charge in [-0.25, -0.2) is 0 Å². The lowest BCUT2D eigenvalue weighted by Gasteiger charge is -2.33. The predicted molar refractivity (Wildman–Crippen MR) is 66.5 cm³/mol. The smallest absolute Gasteiger partial charge is 0.323 e. The van der Waals surface area contributed by atoms with Gasteiger partial charge in [-0.2, -0.15) is 0 Å². The molecule has 0 aromatic rings. The van der Waals surface area contributed by atoms with Crippen LogP contribution in [0, 0.1) is 11.3 Å². The molecule has 0 saturated carbocycles. The molecule has 0 aliphatic rings. The Hall–Kier alpha value is -1.10. The number of carboxylic acid groups (broad SMARTS) is 1. The number of nitrogens with two attached hydrogens (primary N) is 1. The molecule has 17 heavy (non-hydrogen) atoms. The number of carbonyl (C=O) groups is 2. The lowest BCUT2D eigenvalue weighted by Crippen LogP contribution is -2.49. The van der Waals surface area contributed by atoms with E-state index in [4.69, 9.17) is 10.8 Å². The normalized spacial score (nSPS) is 14.5. The third-order valence-corrected chi connectivity index (χ3v) is 2.95. The zero-order valence-corrected chi connectivity index (χ0v) is 11.2. The fourth-order valence-corrected chi connectivity index (χ4v) is 1.59. The van der Waals surface area contributed by atoms with E-state index in [1.165, 1.54) is 4.90 Å². The highest BCUT2D eigenvalue weighted by Crippen LogP contribution is 2.23. The summed E-state index contributed by atoms with van der Waals surface area (Å²) in [6.45, 7) is 8.00. The lowest BCUT2D eigenvalue weighted by molar-refractivity contribution is -0.149. The van der Waals surface area contributed by atoms with Gasteiger partial charge in [-0.1, -0.05) is 20.8 Å². The van der Waals surface area contributed by atoms with Crippen molar-refractivity contribution in [2.45, 2.75) is 34.1 Å². The van der Waals surface area contributed by atoms with E-state index in [2.05, 4.69) is 0 Å². The standard InChI is InChI=1S/C12H24N2O3/c1-5-12(4,8-13)11(17)14(6-9(2)3)7-10(15)16/h9H,5-8,13H2,1-4H3,(H,15,16). The number of carbonyl (C=O) groups excluding carboxylic acids is 1. The van der Waals surface area contributed by atoms with E-state index in [0.717, 1.165) is 0 Å². The molecule has 0 aromatic carbocycles.